The molecule has 4 aliphatic carbocycles. The Kier molecular flexibility index (Phi) is 14.5. The molecule has 9 unspecified atom stereocenters. The smallest absolute Gasteiger partial charge is 0.0146 e. The highest BCUT2D eigenvalue weighted by Crippen LogP contribution is 2.69. The Morgan fingerprint density at radius 3 is 2.06 bits per heavy atom. The summed E-state index contributed by atoms with van der Waals surface area (Å²) in [5.41, 5.74) is 2.84. The van der Waals surface area contributed by atoms with Crippen molar-refractivity contribution in [3.63, 3.8) is 0 Å². The number of allylic oxidation sites excluding steroid dienone is 1. The van der Waals surface area contributed by atoms with E-state index in [1.165, 1.54) is 89.9 Å². The summed E-state index contributed by atoms with van der Waals surface area (Å²) in [7, 11) is 0. The van der Waals surface area contributed by atoms with E-state index in [-0.39, 0.29) is 22.3 Å². The Morgan fingerprint density at radius 2 is 1.40 bits per heavy atom. The Hall–Kier alpha value is -0.260. The van der Waals surface area contributed by atoms with Crippen molar-refractivity contribution in [3.05, 3.63) is 12.2 Å². The van der Waals surface area contributed by atoms with Gasteiger partial charge in [-0.1, -0.05) is 121 Å². The van der Waals surface area contributed by atoms with Gasteiger partial charge in [-0.3, -0.25) is 0 Å². The molecule has 9 atom stereocenters. The predicted octanol–water partition coefficient (Wildman–Crippen LogP) is 12.4. The fourth-order valence-electron chi connectivity index (χ4n) is 9.54. The lowest BCUT2D eigenvalue weighted by Gasteiger charge is -2.62. The molecule has 210 valence electrons. The maximum atomic E-state index is 4.74. The third kappa shape index (κ3) is 6.60. The van der Waals surface area contributed by atoms with Crippen LogP contribution in [0.25, 0.3) is 0 Å². The van der Waals surface area contributed by atoms with Crippen molar-refractivity contribution in [2.75, 3.05) is 0 Å². The van der Waals surface area contributed by atoms with Crippen molar-refractivity contribution in [1.82, 2.24) is 0 Å². The molecular weight excluding hydrogens is 420 g/mol. The highest BCUT2D eigenvalue weighted by Gasteiger charge is 2.61. The molecule has 0 amide bonds. The van der Waals surface area contributed by atoms with Gasteiger partial charge < -0.3 is 0 Å². The first-order chi connectivity index (χ1) is 15.3. The predicted molar refractivity (Wildman–Crippen MR) is 163 cm³/mol. The molecule has 0 aromatic heterocycles. The first-order valence-corrected chi connectivity index (χ1v) is 15.0. The van der Waals surface area contributed by atoms with E-state index in [2.05, 4.69) is 34.6 Å². The number of hydrogen-bond donors (Lipinski definition) is 0. The first-order valence-electron chi connectivity index (χ1n) is 15.0. The summed E-state index contributed by atoms with van der Waals surface area (Å²) in [4.78, 5) is 0. The lowest BCUT2D eigenvalue weighted by molar-refractivity contribution is -0.106. The summed E-state index contributed by atoms with van der Waals surface area (Å²) in [5.74, 6) is 6.54. The van der Waals surface area contributed by atoms with Gasteiger partial charge in [0.1, 0.15) is 0 Å². The third-order valence-corrected chi connectivity index (χ3v) is 11.5. The summed E-state index contributed by atoms with van der Waals surface area (Å²) in [6, 6.07) is 0. The van der Waals surface area contributed by atoms with Gasteiger partial charge in [-0.25, -0.2) is 0 Å². The molecule has 4 aliphatic rings. The van der Waals surface area contributed by atoms with Gasteiger partial charge >= 0.3 is 0 Å². The number of unbranched alkanes of at least 4 members (excludes halogenated alkanes) is 5. The largest absolute Gasteiger partial charge is 0.0995 e. The average molecular weight is 491 g/mol. The monoisotopic (exact) mass is 491 g/mol. The van der Waals surface area contributed by atoms with E-state index in [0.29, 0.717) is 10.8 Å². The second-order valence-corrected chi connectivity index (χ2v) is 13.1. The molecule has 0 radical (unpaired) electrons. The molecule has 0 heterocycles. The molecule has 0 saturated heterocycles. The molecule has 0 spiro atoms. The van der Waals surface area contributed by atoms with Gasteiger partial charge in [-0.05, 0) is 104 Å². The molecule has 0 N–H and O–H groups in total. The van der Waals surface area contributed by atoms with E-state index < -0.39 is 0 Å². The van der Waals surface area contributed by atoms with Gasteiger partial charge in [0, 0.05) is 0 Å². The third-order valence-electron chi connectivity index (χ3n) is 11.5. The first kappa shape index (κ1) is 34.7. The van der Waals surface area contributed by atoms with Crippen molar-refractivity contribution >= 4 is 0 Å². The van der Waals surface area contributed by atoms with Crippen LogP contribution in [-0.2, 0) is 0 Å². The van der Waals surface area contributed by atoms with Crippen molar-refractivity contribution in [3.8, 4) is 0 Å². The van der Waals surface area contributed by atoms with Crippen molar-refractivity contribution in [1.29, 1.82) is 0 Å². The lowest BCUT2D eigenvalue weighted by Crippen LogP contribution is -2.55. The Morgan fingerprint density at radius 1 is 0.800 bits per heavy atom. The lowest BCUT2D eigenvalue weighted by atomic mass is 9.42. The second kappa shape index (κ2) is 14.6. The molecule has 0 aliphatic heterocycles. The van der Waals surface area contributed by atoms with Crippen LogP contribution in [0, 0.1) is 52.3 Å². The Labute approximate surface area is 224 Å². The van der Waals surface area contributed by atoms with E-state index in [1.54, 1.807) is 5.57 Å². The van der Waals surface area contributed by atoms with Gasteiger partial charge in [0.25, 0.3) is 0 Å². The molecule has 4 rings (SSSR count). The summed E-state index contributed by atoms with van der Waals surface area (Å²) < 4.78 is 0. The van der Waals surface area contributed by atoms with E-state index in [4.69, 9.17) is 6.58 Å². The van der Waals surface area contributed by atoms with Crippen LogP contribution in [0.3, 0.4) is 0 Å². The fourth-order valence-corrected chi connectivity index (χ4v) is 9.54. The minimum Gasteiger partial charge on any atom is -0.0995 e. The van der Waals surface area contributed by atoms with Crippen LogP contribution in [0.2, 0.25) is 0 Å². The van der Waals surface area contributed by atoms with E-state index >= 15 is 0 Å². The van der Waals surface area contributed by atoms with E-state index in [0.717, 1.165) is 41.4 Å². The number of fused-ring (bicyclic) bond motifs is 5. The highest BCUT2D eigenvalue weighted by atomic mass is 14.7. The van der Waals surface area contributed by atoms with Crippen LogP contribution in [-0.4, -0.2) is 0 Å². The topological polar surface area (TPSA) is 0 Å². The van der Waals surface area contributed by atoms with Crippen LogP contribution in [0.1, 0.15) is 161 Å². The van der Waals surface area contributed by atoms with Crippen molar-refractivity contribution in [2.45, 2.75) is 161 Å². The molecule has 35 heavy (non-hydrogen) atoms. The second-order valence-electron chi connectivity index (χ2n) is 13.1. The molecular formula is C35H70. The number of rotatable bonds is 7. The number of hydrogen-bond acceptors (Lipinski definition) is 0. The van der Waals surface area contributed by atoms with Crippen LogP contribution >= 0.6 is 0 Å². The van der Waals surface area contributed by atoms with Crippen LogP contribution in [0.4, 0.5) is 0 Å². The quantitative estimate of drug-likeness (QED) is 0.246. The van der Waals surface area contributed by atoms with Crippen molar-refractivity contribution < 1.29 is 0 Å². The minimum absolute atomic E-state index is 0. The maximum Gasteiger partial charge on any atom is -0.0146 e. The molecule has 0 heteroatoms. The average Bonchev–Trinajstić information content (AvgIpc) is 3.10. The summed E-state index contributed by atoms with van der Waals surface area (Å²) in [6.45, 7) is 21.5. The van der Waals surface area contributed by atoms with E-state index in [9.17, 15) is 0 Å². The Bertz CT molecular complexity index is 603. The normalized spacial score (nSPS) is 41.5. The SMILES string of the molecule is C.C.C.C=C1CC2C3CCC(CCCCCCCC)C3(C)CCC2C2(C)CC(C)C(C)CC12.CC. The maximum absolute atomic E-state index is 4.74. The molecule has 0 aromatic carbocycles. The van der Waals surface area contributed by atoms with Gasteiger partial charge in [0.05, 0.1) is 0 Å². The van der Waals surface area contributed by atoms with Crippen LogP contribution < -0.4 is 0 Å². The van der Waals surface area contributed by atoms with Gasteiger partial charge in [0.2, 0.25) is 0 Å². The Balaban J connectivity index is 0.00000225. The zero-order valence-electron chi connectivity index (χ0n) is 23.1. The van der Waals surface area contributed by atoms with Gasteiger partial charge in [0.15, 0.2) is 0 Å². The van der Waals surface area contributed by atoms with Crippen LogP contribution in [0.15, 0.2) is 12.2 Å². The standard InChI is InChI=1S/C30H52.C2H6.3CH4/c1-7-8-9-10-11-12-13-24-14-15-26-25-18-22(3)28-19-21(2)23(4)20-30(28,6)27(25)16-17-29(24,26)5;1-2;;;/h21,23-28H,3,7-20H2,1-2,4-6H3;1-2H3;3*1H4. The highest BCUT2D eigenvalue weighted by molar-refractivity contribution is 5.20. The molecule has 4 saturated carbocycles. The molecule has 0 aromatic rings. The summed E-state index contributed by atoms with van der Waals surface area (Å²) in [5, 5.41) is 0. The zero-order valence-corrected chi connectivity index (χ0v) is 23.1. The zero-order chi connectivity index (χ0) is 23.5. The summed E-state index contributed by atoms with van der Waals surface area (Å²) >= 11 is 0. The van der Waals surface area contributed by atoms with Gasteiger partial charge in [-0.2, -0.15) is 0 Å². The summed E-state index contributed by atoms with van der Waals surface area (Å²) in [6.07, 6.45) is 20.6. The van der Waals surface area contributed by atoms with Crippen LogP contribution in [0.5, 0.6) is 0 Å². The fraction of sp³-hybridized carbons (Fsp3) is 0.943. The molecule has 0 bridgehead atoms. The molecule has 4 fully saturated rings. The minimum atomic E-state index is 0. The van der Waals surface area contributed by atoms with E-state index in [1.807, 2.05) is 13.8 Å². The van der Waals surface area contributed by atoms with Crippen molar-refractivity contribution in [2.24, 2.45) is 52.3 Å². The van der Waals surface area contributed by atoms with Gasteiger partial charge in [-0.15, -0.1) is 0 Å². The molecule has 0 nitrogen and oxygen atoms in total.